The fourth-order valence-electron chi connectivity index (χ4n) is 3.56. The van der Waals surface area contributed by atoms with Gasteiger partial charge in [-0.3, -0.25) is 19.4 Å². The van der Waals surface area contributed by atoms with Gasteiger partial charge in [-0.1, -0.05) is 6.92 Å². The first-order valence-electron chi connectivity index (χ1n) is 8.55. The summed E-state index contributed by atoms with van der Waals surface area (Å²) in [6, 6.07) is 3.53. The van der Waals surface area contributed by atoms with E-state index in [0.717, 1.165) is 25.1 Å². The first-order chi connectivity index (χ1) is 12.2. The quantitative estimate of drug-likeness (QED) is 0.777. The summed E-state index contributed by atoms with van der Waals surface area (Å²) in [5.41, 5.74) is 1.64. The SMILES string of the molecule is CCc1c(C(=O)N2CCCC(n3cccn3)C2)cnc2cc(=O)[nH]n12. The Morgan fingerprint density at radius 2 is 2.32 bits per heavy atom. The van der Waals surface area contributed by atoms with Gasteiger partial charge in [-0.05, 0) is 25.3 Å². The maximum absolute atomic E-state index is 13.1. The zero-order chi connectivity index (χ0) is 17.4. The molecule has 3 aromatic heterocycles. The van der Waals surface area contributed by atoms with E-state index >= 15 is 0 Å². The highest BCUT2D eigenvalue weighted by atomic mass is 16.2. The third kappa shape index (κ3) is 2.73. The van der Waals surface area contributed by atoms with Gasteiger partial charge in [0.05, 0.1) is 17.3 Å². The summed E-state index contributed by atoms with van der Waals surface area (Å²) in [5, 5.41) is 7.03. The minimum Gasteiger partial charge on any atom is -0.336 e. The fourth-order valence-corrected chi connectivity index (χ4v) is 3.56. The highest BCUT2D eigenvalue weighted by Crippen LogP contribution is 2.23. The van der Waals surface area contributed by atoms with Crippen LogP contribution < -0.4 is 5.56 Å². The van der Waals surface area contributed by atoms with Crippen molar-refractivity contribution < 1.29 is 4.79 Å². The molecule has 4 rings (SSSR count). The summed E-state index contributed by atoms with van der Waals surface area (Å²) in [4.78, 5) is 30.8. The molecule has 1 unspecified atom stereocenters. The number of nitrogens with one attached hydrogen (secondary N) is 1. The van der Waals surface area contributed by atoms with Crippen LogP contribution in [0.15, 0.2) is 35.5 Å². The first-order valence-corrected chi connectivity index (χ1v) is 8.55. The van der Waals surface area contributed by atoms with Crippen molar-refractivity contribution in [3.05, 3.63) is 52.3 Å². The Hall–Kier alpha value is -2.90. The molecule has 25 heavy (non-hydrogen) atoms. The van der Waals surface area contributed by atoms with Gasteiger partial charge in [0.2, 0.25) is 0 Å². The molecule has 0 aromatic carbocycles. The monoisotopic (exact) mass is 340 g/mol. The molecule has 0 bridgehead atoms. The summed E-state index contributed by atoms with van der Waals surface area (Å²) in [7, 11) is 0. The molecule has 0 radical (unpaired) electrons. The Bertz CT molecular complexity index is 955. The van der Waals surface area contributed by atoms with Gasteiger partial charge >= 0.3 is 0 Å². The van der Waals surface area contributed by atoms with E-state index in [1.807, 2.05) is 28.8 Å². The van der Waals surface area contributed by atoms with Crippen LogP contribution in [-0.4, -0.2) is 48.3 Å². The standard InChI is InChI=1S/C17H20N6O2/c1-2-14-13(10-18-15-9-16(24)20-23(14)15)17(25)21-7-3-5-12(11-21)22-8-4-6-19-22/h4,6,8-10,12H,2-3,5,7,11H2,1H3,(H,20,24). The van der Waals surface area contributed by atoms with Gasteiger partial charge in [0.15, 0.2) is 5.65 Å². The highest BCUT2D eigenvalue weighted by molar-refractivity contribution is 5.95. The number of aromatic amines is 1. The number of H-pyrrole nitrogens is 1. The van der Waals surface area contributed by atoms with E-state index in [-0.39, 0.29) is 17.5 Å². The number of hydrogen-bond acceptors (Lipinski definition) is 4. The molecule has 0 spiro atoms. The molecule has 8 heteroatoms. The van der Waals surface area contributed by atoms with Crippen LogP contribution in [0.4, 0.5) is 0 Å². The van der Waals surface area contributed by atoms with Crippen LogP contribution in [0.5, 0.6) is 0 Å². The van der Waals surface area contributed by atoms with Crippen molar-refractivity contribution in [3.63, 3.8) is 0 Å². The zero-order valence-corrected chi connectivity index (χ0v) is 14.1. The minimum atomic E-state index is -0.219. The second kappa shape index (κ2) is 6.19. The number of aryl methyl sites for hydroxylation is 1. The van der Waals surface area contributed by atoms with Crippen LogP contribution in [0.25, 0.3) is 5.65 Å². The lowest BCUT2D eigenvalue weighted by molar-refractivity contribution is 0.0670. The number of fused-ring (bicyclic) bond motifs is 1. The number of amides is 1. The fraction of sp³-hybridized carbons (Fsp3) is 0.412. The maximum atomic E-state index is 13.1. The number of carbonyl (C=O) groups is 1. The van der Waals surface area contributed by atoms with E-state index in [2.05, 4.69) is 15.2 Å². The number of rotatable bonds is 3. The van der Waals surface area contributed by atoms with Crippen molar-refractivity contribution in [2.75, 3.05) is 13.1 Å². The molecular weight excluding hydrogens is 320 g/mol. The van der Waals surface area contributed by atoms with Crippen molar-refractivity contribution in [1.82, 2.24) is 29.3 Å². The van der Waals surface area contributed by atoms with Gasteiger partial charge in [-0.25, -0.2) is 9.50 Å². The largest absolute Gasteiger partial charge is 0.336 e. The van der Waals surface area contributed by atoms with Gasteiger partial charge in [0, 0.05) is 37.7 Å². The number of carbonyl (C=O) groups excluding carboxylic acids is 1. The molecule has 1 saturated heterocycles. The Morgan fingerprint density at radius 3 is 3.08 bits per heavy atom. The summed E-state index contributed by atoms with van der Waals surface area (Å²) >= 11 is 0. The van der Waals surface area contributed by atoms with Crippen LogP contribution in [-0.2, 0) is 6.42 Å². The zero-order valence-electron chi connectivity index (χ0n) is 14.1. The van der Waals surface area contributed by atoms with E-state index in [1.54, 1.807) is 16.9 Å². The Kier molecular flexibility index (Phi) is 3.87. The predicted octanol–water partition coefficient (Wildman–Crippen LogP) is 1.26. The number of aromatic nitrogens is 5. The molecule has 3 aromatic rings. The third-order valence-electron chi connectivity index (χ3n) is 4.77. The van der Waals surface area contributed by atoms with Crippen LogP contribution in [0.3, 0.4) is 0 Å². The number of piperidine rings is 1. The molecular formula is C17H20N6O2. The van der Waals surface area contributed by atoms with Gasteiger partial charge in [0.1, 0.15) is 0 Å². The van der Waals surface area contributed by atoms with Gasteiger partial charge in [-0.15, -0.1) is 0 Å². The Labute approximate surface area is 144 Å². The Morgan fingerprint density at radius 1 is 1.44 bits per heavy atom. The van der Waals surface area contributed by atoms with Crippen molar-refractivity contribution in [2.24, 2.45) is 0 Å². The number of likely N-dealkylation sites (tertiary alicyclic amines) is 1. The van der Waals surface area contributed by atoms with Gasteiger partial charge in [-0.2, -0.15) is 5.10 Å². The summed E-state index contributed by atoms with van der Waals surface area (Å²) in [6.07, 6.45) is 7.86. The molecule has 1 fully saturated rings. The topological polar surface area (TPSA) is 88.3 Å². The van der Waals surface area contributed by atoms with Crippen LogP contribution in [0, 0.1) is 0 Å². The minimum absolute atomic E-state index is 0.0438. The normalized spacial score (nSPS) is 18.0. The van der Waals surface area contributed by atoms with Gasteiger partial charge in [0.25, 0.3) is 11.5 Å². The van der Waals surface area contributed by atoms with Crippen LogP contribution >= 0.6 is 0 Å². The summed E-state index contributed by atoms with van der Waals surface area (Å²) < 4.78 is 3.54. The molecule has 1 aliphatic heterocycles. The molecule has 1 N–H and O–H groups in total. The predicted molar refractivity (Wildman–Crippen MR) is 91.6 cm³/mol. The lowest BCUT2D eigenvalue weighted by Gasteiger charge is -2.33. The van der Waals surface area contributed by atoms with Crippen LogP contribution in [0.1, 0.15) is 41.9 Å². The maximum Gasteiger partial charge on any atom is 0.266 e. The lowest BCUT2D eigenvalue weighted by atomic mass is 10.0. The van der Waals surface area contributed by atoms with E-state index < -0.39 is 0 Å². The summed E-state index contributed by atoms with van der Waals surface area (Å²) in [5.74, 6) is -0.0438. The van der Waals surface area contributed by atoms with E-state index in [4.69, 9.17) is 0 Å². The third-order valence-corrected chi connectivity index (χ3v) is 4.77. The summed E-state index contributed by atoms with van der Waals surface area (Å²) in [6.45, 7) is 3.32. The van der Waals surface area contributed by atoms with Gasteiger partial charge < -0.3 is 4.90 Å². The van der Waals surface area contributed by atoms with Crippen molar-refractivity contribution >= 4 is 11.6 Å². The second-order valence-electron chi connectivity index (χ2n) is 6.32. The van der Waals surface area contributed by atoms with E-state index in [9.17, 15) is 9.59 Å². The van der Waals surface area contributed by atoms with Crippen molar-refractivity contribution in [3.8, 4) is 0 Å². The second-order valence-corrected chi connectivity index (χ2v) is 6.32. The van der Waals surface area contributed by atoms with Crippen LogP contribution in [0.2, 0.25) is 0 Å². The van der Waals surface area contributed by atoms with Crippen molar-refractivity contribution in [1.29, 1.82) is 0 Å². The molecule has 130 valence electrons. The number of hydrogen-bond donors (Lipinski definition) is 1. The smallest absolute Gasteiger partial charge is 0.266 e. The van der Waals surface area contributed by atoms with E-state index in [0.29, 0.717) is 24.2 Å². The molecule has 1 amide bonds. The molecule has 1 atom stereocenters. The lowest BCUT2D eigenvalue weighted by Crippen LogP contribution is -2.41. The Balaban J connectivity index is 1.66. The average molecular weight is 340 g/mol. The highest BCUT2D eigenvalue weighted by Gasteiger charge is 2.27. The van der Waals surface area contributed by atoms with E-state index in [1.165, 1.54) is 6.07 Å². The molecule has 4 heterocycles. The molecule has 1 aliphatic rings. The number of nitrogens with zero attached hydrogens (tertiary/aromatic N) is 5. The molecule has 0 saturated carbocycles. The molecule has 0 aliphatic carbocycles. The van der Waals surface area contributed by atoms with Crippen molar-refractivity contribution in [2.45, 2.75) is 32.2 Å². The average Bonchev–Trinajstić information content (AvgIpc) is 3.29. The molecule has 8 nitrogen and oxygen atoms in total. The first kappa shape index (κ1) is 15.6.